The highest BCUT2D eigenvalue weighted by Gasteiger charge is 2.16. The van der Waals surface area contributed by atoms with Crippen molar-refractivity contribution >= 4 is 11.6 Å². The van der Waals surface area contributed by atoms with Gasteiger partial charge in [0.15, 0.2) is 0 Å². The number of hydrogen-bond acceptors (Lipinski definition) is 2. The number of carbonyl (C=O) groups is 1. The fourth-order valence-corrected chi connectivity index (χ4v) is 2.05. The van der Waals surface area contributed by atoms with Gasteiger partial charge in [-0.2, -0.15) is 0 Å². The zero-order valence-electron chi connectivity index (χ0n) is 10.2. The van der Waals surface area contributed by atoms with Crippen molar-refractivity contribution in [2.24, 2.45) is 0 Å². The van der Waals surface area contributed by atoms with E-state index in [0.29, 0.717) is 6.54 Å². The van der Waals surface area contributed by atoms with Crippen LogP contribution in [-0.2, 0) is 6.42 Å². The first kappa shape index (κ1) is 11.7. The van der Waals surface area contributed by atoms with Crippen LogP contribution in [0.1, 0.15) is 29.3 Å². The molecule has 0 saturated carbocycles. The molecule has 0 saturated heterocycles. The first-order chi connectivity index (χ1) is 8.18. The summed E-state index contributed by atoms with van der Waals surface area (Å²) in [7, 11) is 0. The molecular formula is C14H18N2O. The lowest BCUT2D eigenvalue weighted by molar-refractivity contribution is 0.0956. The van der Waals surface area contributed by atoms with Gasteiger partial charge in [0, 0.05) is 24.3 Å². The van der Waals surface area contributed by atoms with Crippen LogP contribution in [0.25, 0.3) is 0 Å². The maximum absolute atomic E-state index is 12.0. The summed E-state index contributed by atoms with van der Waals surface area (Å²) in [5.74, 6) is -0.00597. The molecule has 1 aliphatic heterocycles. The highest BCUT2D eigenvalue weighted by atomic mass is 16.1. The molecule has 0 aliphatic carbocycles. The van der Waals surface area contributed by atoms with Gasteiger partial charge in [0.25, 0.3) is 5.91 Å². The van der Waals surface area contributed by atoms with Crippen LogP contribution in [0.2, 0.25) is 0 Å². The minimum atomic E-state index is -0.00597. The summed E-state index contributed by atoms with van der Waals surface area (Å²) in [6.07, 6.45) is 2.05. The molecule has 3 nitrogen and oxygen atoms in total. The van der Waals surface area contributed by atoms with E-state index in [1.165, 1.54) is 0 Å². The third kappa shape index (κ3) is 2.67. The molecule has 90 valence electrons. The van der Waals surface area contributed by atoms with E-state index < -0.39 is 0 Å². The van der Waals surface area contributed by atoms with E-state index in [2.05, 4.69) is 17.2 Å². The van der Waals surface area contributed by atoms with Crippen LogP contribution in [0.5, 0.6) is 0 Å². The minimum absolute atomic E-state index is 0.00597. The quantitative estimate of drug-likeness (QED) is 0.783. The van der Waals surface area contributed by atoms with Crippen LogP contribution in [0, 0.1) is 0 Å². The SMILES string of the molecule is C=C(C)CNC(=O)c1cccc2c1CCCN2. The molecule has 0 fully saturated rings. The van der Waals surface area contributed by atoms with Gasteiger partial charge in [-0.05, 0) is 37.5 Å². The Hall–Kier alpha value is -1.77. The maximum Gasteiger partial charge on any atom is 0.251 e. The van der Waals surface area contributed by atoms with E-state index >= 15 is 0 Å². The van der Waals surface area contributed by atoms with Crippen molar-refractivity contribution in [1.82, 2.24) is 5.32 Å². The number of rotatable bonds is 3. The van der Waals surface area contributed by atoms with E-state index in [1.807, 2.05) is 25.1 Å². The summed E-state index contributed by atoms with van der Waals surface area (Å²) in [6, 6.07) is 5.84. The molecule has 0 spiro atoms. The molecule has 0 bridgehead atoms. The van der Waals surface area contributed by atoms with Gasteiger partial charge in [-0.3, -0.25) is 4.79 Å². The second kappa shape index (κ2) is 5.04. The van der Waals surface area contributed by atoms with Crippen molar-refractivity contribution in [2.75, 3.05) is 18.4 Å². The molecule has 2 rings (SSSR count). The van der Waals surface area contributed by atoms with Gasteiger partial charge in [0.1, 0.15) is 0 Å². The molecule has 1 aromatic carbocycles. The summed E-state index contributed by atoms with van der Waals surface area (Å²) in [5.41, 5.74) is 3.98. The largest absolute Gasteiger partial charge is 0.385 e. The van der Waals surface area contributed by atoms with Crippen molar-refractivity contribution < 1.29 is 4.79 Å². The molecule has 0 aromatic heterocycles. The van der Waals surface area contributed by atoms with Crippen LogP contribution < -0.4 is 10.6 Å². The molecule has 1 heterocycles. The second-order valence-electron chi connectivity index (χ2n) is 4.50. The first-order valence-electron chi connectivity index (χ1n) is 5.97. The zero-order valence-corrected chi connectivity index (χ0v) is 10.2. The van der Waals surface area contributed by atoms with E-state index in [9.17, 15) is 4.79 Å². The van der Waals surface area contributed by atoms with Gasteiger partial charge in [-0.15, -0.1) is 0 Å². The summed E-state index contributed by atoms with van der Waals surface area (Å²) in [4.78, 5) is 12.0. The summed E-state index contributed by atoms with van der Waals surface area (Å²) < 4.78 is 0. The normalized spacial score (nSPS) is 13.5. The molecule has 17 heavy (non-hydrogen) atoms. The molecule has 0 radical (unpaired) electrons. The highest BCUT2D eigenvalue weighted by molar-refractivity contribution is 5.97. The Bertz CT molecular complexity index is 452. The Morgan fingerprint density at radius 1 is 1.53 bits per heavy atom. The van der Waals surface area contributed by atoms with Crippen LogP contribution in [-0.4, -0.2) is 19.0 Å². The highest BCUT2D eigenvalue weighted by Crippen LogP contribution is 2.25. The van der Waals surface area contributed by atoms with Gasteiger partial charge < -0.3 is 10.6 Å². The number of hydrogen-bond donors (Lipinski definition) is 2. The van der Waals surface area contributed by atoms with Gasteiger partial charge in [0.2, 0.25) is 0 Å². The minimum Gasteiger partial charge on any atom is -0.385 e. The molecule has 0 atom stereocenters. The molecule has 2 N–H and O–H groups in total. The summed E-state index contributed by atoms with van der Waals surface area (Å²) in [6.45, 7) is 7.21. The van der Waals surface area contributed by atoms with E-state index in [1.54, 1.807) is 0 Å². The number of amides is 1. The van der Waals surface area contributed by atoms with Crippen molar-refractivity contribution in [1.29, 1.82) is 0 Å². The van der Waals surface area contributed by atoms with E-state index in [-0.39, 0.29) is 5.91 Å². The summed E-state index contributed by atoms with van der Waals surface area (Å²) in [5, 5.41) is 6.21. The number of anilines is 1. The predicted octanol–water partition coefficient (Wildman–Crippen LogP) is 2.35. The molecule has 1 amide bonds. The second-order valence-corrected chi connectivity index (χ2v) is 4.50. The molecular weight excluding hydrogens is 212 g/mol. The topological polar surface area (TPSA) is 41.1 Å². The van der Waals surface area contributed by atoms with Crippen molar-refractivity contribution in [2.45, 2.75) is 19.8 Å². The standard InChI is InChI=1S/C14H18N2O/c1-10(2)9-16-14(17)12-5-3-7-13-11(12)6-4-8-15-13/h3,5,7,15H,1,4,6,8-9H2,2H3,(H,16,17). The van der Waals surface area contributed by atoms with Gasteiger partial charge >= 0.3 is 0 Å². The molecule has 3 heteroatoms. The fourth-order valence-electron chi connectivity index (χ4n) is 2.05. The number of nitrogens with one attached hydrogen (secondary N) is 2. The van der Waals surface area contributed by atoms with Gasteiger partial charge in [-0.1, -0.05) is 18.2 Å². The van der Waals surface area contributed by atoms with Crippen LogP contribution in [0.3, 0.4) is 0 Å². The van der Waals surface area contributed by atoms with E-state index in [4.69, 9.17) is 0 Å². The zero-order chi connectivity index (χ0) is 12.3. The lowest BCUT2D eigenvalue weighted by atomic mass is 9.97. The first-order valence-corrected chi connectivity index (χ1v) is 5.97. The summed E-state index contributed by atoms with van der Waals surface area (Å²) >= 11 is 0. The van der Waals surface area contributed by atoms with Crippen molar-refractivity contribution in [3.63, 3.8) is 0 Å². The Morgan fingerprint density at radius 3 is 3.12 bits per heavy atom. The number of fused-ring (bicyclic) bond motifs is 1. The van der Waals surface area contributed by atoms with Crippen LogP contribution in [0.4, 0.5) is 5.69 Å². The molecule has 0 unspecified atom stereocenters. The Kier molecular flexibility index (Phi) is 3.47. The predicted molar refractivity (Wildman–Crippen MR) is 70.4 cm³/mol. The fraction of sp³-hybridized carbons (Fsp3) is 0.357. The molecule has 1 aromatic rings. The van der Waals surface area contributed by atoms with Gasteiger partial charge in [0.05, 0.1) is 0 Å². The monoisotopic (exact) mass is 230 g/mol. The van der Waals surface area contributed by atoms with Gasteiger partial charge in [-0.25, -0.2) is 0 Å². The molecule has 1 aliphatic rings. The number of carbonyl (C=O) groups excluding carboxylic acids is 1. The van der Waals surface area contributed by atoms with E-state index in [0.717, 1.165) is 41.8 Å². The Labute approximate surface area is 102 Å². The third-order valence-electron chi connectivity index (χ3n) is 2.89. The van der Waals surface area contributed by atoms with Crippen LogP contribution in [0.15, 0.2) is 30.4 Å². The average Bonchev–Trinajstić information content (AvgIpc) is 2.35. The lowest BCUT2D eigenvalue weighted by Crippen LogP contribution is -2.27. The van der Waals surface area contributed by atoms with Crippen molar-refractivity contribution in [3.05, 3.63) is 41.5 Å². The van der Waals surface area contributed by atoms with Crippen molar-refractivity contribution in [3.8, 4) is 0 Å². The third-order valence-corrected chi connectivity index (χ3v) is 2.89. The smallest absolute Gasteiger partial charge is 0.251 e. The Morgan fingerprint density at radius 2 is 2.35 bits per heavy atom. The number of benzene rings is 1. The average molecular weight is 230 g/mol. The lowest BCUT2D eigenvalue weighted by Gasteiger charge is -2.20. The van der Waals surface area contributed by atoms with Crippen LogP contribution >= 0.6 is 0 Å². The maximum atomic E-state index is 12.0. The Balaban J connectivity index is 2.20.